The third-order valence-corrected chi connectivity index (χ3v) is 4.10. The Morgan fingerprint density at radius 1 is 1.04 bits per heavy atom. The minimum absolute atomic E-state index is 0.301. The van der Waals surface area contributed by atoms with E-state index in [1.54, 1.807) is 24.5 Å². The normalized spacial score (nSPS) is 11.8. The van der Waals surface area contributed by atoms with Crippen LogP contribution in [-0.4, -0.2) is 21.2 Å². The summed E-state index contributed by atoms with van der Waals surface area (Å²) in [5.74, 6) is 12.0. The number of carbonyl (C=O) groups is 1. The molecule has 0 bridgehead atoms. The Hall–Kier alpha value is -3.16. The molecule has 1 atom stereocenters. The highest BCUT2D eigenvalue weighted by molar-refractivity contribution is 5.91. The number of carbonyl (C=O) groups excluding carboxylic acids is 1. The molecule has 0 aliphatic heterocycles. The molecule has 1 unspecified atom stereocenters. The first kappa shape index (κ1) is 16.7. The van der Waals surface area contributed by atoms with Crippen LogP contribution in [0.3, 0.4) is 0 Å². The first-order valence-electron chi connectivity index (χ1n) is 7.85. The fourth-order valence-electron chi connectivity index (χ4n) is 2.52. The van der Waals surface area contributed by atoms with Crippen LogP contribution < -0.4 is 16.7 Å². The lowest BCUT2D eigenvalue weighted by molar-refractivity contribution is 0.187. The Morgan fingerprint density at radius 2 is 1.72 bits per heavy atom. The lowest BCUT2D eigenvalue weighted by Crippen LogP contribution is -2.51. The largest absolute Gasteiger partial charge is 0.353 e. The summed E-state index contributed by atoms with van der Waals surface area (Å²) >= 11 is 0. The molecule has 25 heavy (non-hydrogen) atoms. The van der Waals surface area contributed by atoms with E-state index in [1.165, 1.54) is 0 Å². The van der Waals surface area contributed by atoms with Crippen molar-refractivity contribution in [3.8, 4) is 11.1 Å². The van der Waals surface area contributed by atoms with Crippen LogP contribution in [0.2, 0.25) is 0 Å². The van der Waals surface area contributed by atoms with Gasteiger partial charge in [-0.2, -0.15) is 5.10 Å². The number of rotatable bonds is 4. The van der Waals surface area contributed by atoms with E-state index in [9.17, 15) is 4.79 Å². The highest BCUT2D eigenvalue weighted by Crippen LogP contribution is 2.23. The summed E-state index contributed by atoms with van der Waals surface area (Å²) in [5.41, 5.74) is 3.41. The fourth-order valence-corrected chi connectivity index (χ4v) is 2.52. The first-order valence-corrected chi connectivity index (χ1v) is 7.85. The second kappa shape index (κ2) is 7.16. The number of hydrogen-bond acceptors (Lipinski definition) is 4. The Morgan fingerprint density at radius 3 is 2.32 bits per heavy atom. The molecule has 3 aromatic rings. The molecule has 0 spiro atoms. The number of amides is 2. The van der Waals surface area contributed by atoms with Crippen molar-refractivity contribution in [2.24, 2.45) is 11.7 Å². The number of H-pyrrole nitrogens is 1. The van der Waals surface area contributed by atoms with E-state index in [0.29, 0.717) is 5.69 Å². The number of urea groups is 1. The van der Waals surface area contributed by atoms with Crippen molar-refractivity contribution in [3.05, 3.63) is 72.6 Å². The Bertz CT molecular complexity index is 817. The molecule has 5 N–H and O–H groups in total. The molecule has 1 heterocycles. The maximum atomic E-state index is 12.6. The molecular formula is C18H20N6O. The van der Waals surface area contributed by atoms with Gasteiger partial charge in [-0.05, 0) is 30.2 Å². The van der Waals surface area contributed by atoms with Crippen molar-refractivity contribution in [1.82, 2.24) is 15.2 Å². The van der Waals surface area contributed by atoms with Gasteiger partial charge in [0.1, 0.15) is 0 Å². The van der Waals surface area contributed by atoms with Gasteiger partial charge in [-0.15, -0.1) is 0 Å². The van der Waals surface area contributed by atoms with E-state index < -0.39 is 6.03 Å². The van der Waals surface area contributed by atoms with Crippen LogP contribution >= 0.6 is 0 Å². The molecule has 2 aromatic carbocycles. The molecule has 3 rings (SSSR count). The molecule has 7 nitrogen and oxygen atoms in total. The molecule has 2 amide bonds. The van der Waals surface area contributed by atoms with Crippen LogP contribution in [-0.2, 0) is 0 Å². The van der Waals surface area contributed by atoms with E-state index in [0.717, 1.165) is 26.7 Å². The van der Waals surface area contributed by atoms with Crippen molar-refractivity contribution < 1.29 is 4.79 Å². The lowest BCUT2D eigenvalue weighted by atomic mass is 10.1. The topological polar surface area (TPSA) is 104 Å². The lowest BCUT2D eigenvalue weighted by Gasteiger charge is -2.28. The molecule has 0 saturated heterocycles. The fraction of sp³-hybridized carbons (Fsp3) is 0.111. The molecular weight excluding hydrogens is 316 g/mol. The van der Waals surface area contributed by atoms with Crippen LogP contribution in [0.1, 0.15) is 18.5 Å². The molecule has 1 aromatic heterocycles. The monoisotopic (exact) mass is 336 g/mol. The van der Waals surface area contributed by atoms with Crippen molar-refractivity contribution >= 4 is 11.7 Å². The van der Waals surface area contributed by atoms with E-state index in [1.807, 2.05) is 49.4 Å². The number of nitrogens with one attached hydrogen (secondary N) is 1. The van der Waals surface area contributed by atoms with Crippen molar-refractivity contribution in [3.63, 3.8) is 0 Å². The molecule has 7 heteroatoms. The minimum atomic E-state index is -0.493. The standard InChI is InChI=1S/C18H20N6O/c1-13(14-5-3-2-4-6-14)23(19)18(25)24(20)17-9-7-15(8-10-17)16-11-21-22-12-16/h2-13H,19-20H2,1H3,(H,21,22). The van der Waals surface area contributed by atoms with Crippen LogP contribution in [0.5, 0.6) is 0 Å². The Kier molecular flexibility index (Phi) is 4.78. The summed E-state index contributed by atoms with van der Waals surface area (Å²) in [5, 5.41) is 8.85. The maximum Gasteiger partial charge on any atom is 0.353 e. The van der Waals surface area contributed by atoms with Gasteiger partial charge in [0.05, 0.1) is 17.9 Å². The van der Waals surface area contributed by atoms with Crippen molar-refractivity contribution in [1.29, 1.82) is 0 Å². The smallest absolute Gasteiger partial charge is 0.285 e. The molecule has 128 valence electrons. The molecule has 0 radical (unpaired) electrons. The average Bonchev–Trinajstić information content (AvgIpc) is 3.21. The molecule has 0 aliphatic carbocycles. The van der Waals surface area contributed by atoms with Gasteiger partial charge < -0.3 is 0 Å². The SMILES string of the molecule is CC(c1ccccc1)N(N)C(=O)N(N)c1ccc(-c2cn[nH]c2)cc1. The van der Waals surface area contributed by atoms with Gasteiger partial charge in [0.2, 0.25) is 0 Å². The predicted octanol–water partition coefficient (Wildman–Crippen LogP) is 2.81. The second-order valence-corrected chi connectivity index (χ2v) is 5.68. The number of hydrogen-bond donors (Lipinski definition) is 3. The minimum Gasteiger partial charge on any atom is -0.285 e. The van der Waals surface area contributed by atoms with Crippen LogP contribution in [0.15, 0.2) is 67.0 Å². The Balaban J connectivity index is 1.73. The number of anilines is 1. The van der Waals surface area contributed by atoms with Gasteiger partial charge in [-0.25, -0.2) is 21.5 Å². The molecule has 0 fully saturated rings. The molecule has 0 saturated carbocycles. The highest BCUT2D eigenvalue weighted by atomic mass is 16.2. The highest BCUT2D eigenvalue weighted by Gasteiger charge is 2.23. The zero-order chi connectivity index (χ0) is 17.8. The number of nitrogens with two attached hydrogens (primary N) is 2. The summed E-state index contributed by atoms with van der Waals surface area (Å²) in [4.78, 5) is 12.6. The van der Waals surface area contributed by atoms with Gasteiger partial charge in [-0.3, -0.25) is 10.1 Å². The van der Waals surface area contributed by atoms with Gasteiger partial charge in [-0.1, -0.05) is 42.5 Å². The van der Waals surface area contributed by atoms with Gasteiger partial charge >= 0.3 is 6.03 Å². The maximum absolute atomic E-state index is 12.6. The quantitative estimate of drug-likeness (QED) is 0.387. The summed E-state index contributed by atoms with van der Waals surface area (Å²) in [6, 6.07) is 16.0. The summed E-state index contributed by atoms with van der Waals surface area (Å²) in [7, 11) is 0. The van der Waals surface area contributed by atoms with E-state index in [4.69, 9.17) is 11.7 Å². The number of benzene rings is 2. The Labute approximate surface area is 145 Å². The first-order chi connectivity index (χ1) is 12.1. The summed E-state index contributed by atoms with van der Waals surface area (Å²) in [6.07, 6.45) is 3.52. The number of nitrogens with zero attached hydrogens (tertiary/aromatic N) is 3. The van der Waals surface area contributed by atoms with Gasteiger partial charge in [0.25, 0.3) is 0 Å². The van der Waals surface area contributed by atoms with Gasteiger partial charge in [0.15, 0.2) is 0 Å². The van der Waals surface area contributed by atoms with Gasteiger partial charge in [0, 0.05) is 11.8 Å². The summed E-state index contributed by atoms with van der Waals surface area (Å²) < 4.78 is 0. The van der Waals surface area contributed by atoms with Crippen LogP contribution in [0, 0.1) is 0 Å². The number of aromatic nitrogens is 2. The molecule has 0 aliphatic rings. The zero-order valence-corrected chi connectivity index (χ0v) is 13.8. The third-order valence-electron chi connectivity index (χ3n) is 4.10. The third kappa shape index (κ3) is 3.52. The number of aromatic amines is 1. The van der Waals surface area contributed by atoms with E-state index in [2.05, 4.69) is 10.2 Å². The van der Waals surface area contributed by atoms with Crippen molar-refractivity contribution in [2.75, 3.05) is 5.01 Å². The predicted molar refractivity (Wildman–Crippen MR) is 97.0 cm³/mol. The van der Waals surface area contributed by atoms with Crippen LogP contribution in [0.25, 0.3) is 11.1 Å². The zero-order valence-electron chi connectivity index (χ0n) is 13.8. The van der Waals surface area contributed by atoms with E-state index >= 15 is 0 Å². The van der Waals surface area contributed by atoms with Crippen LogP contribution in [0.4, 0.5) is 10.5 Å². The second-order valence-electron chi connectivity index (χ2n) is 5.68. The summed E-state index contributed by atoms with van der Waals surface area (Å²) in [6.45, 7) is 1.85. The number of hydrazine groups is 2. The van der Waals surface area contributed by atoms with E-state index in [-0.39, 0.29) is 6.04 Å². The average molecular weight is 336 g/mol. The van der Waals surface area contributed by atoms with Crippen molar-refractivity contribution in [2.45, 2.75) is 13.0 Å².